The third-order valence-corrected chi connectivity index (χ3v) is 11.4. The van der Waals surface area contributed by atoms with Crippen LogP contribution in [0, 0.1) is 0 Å². The van der Waals surface area contributed by atoms with Gasteiger partial charge in [-0.15, -0.1) is 11.3 Å². The highest BCUT2D eigenvalue weighted by atomic mass is 32.1. The van der Waals surface area contributed by atoms with Crippen molar-refractivity contribution in [2.24, 2.45) is 4.99 Å². The molecular weight excluding hydrogens is 647 g/mol. The summed E-state index contributed by atoms with van der Waals surface area (Å²) >= 11 is 1.84. The van der Waals surface area contributed by atoms with Gasteiger partial charge in [-0.2, -0.15) is 0 Å². The number of furan rings is 2. The van der Waals surface area contributed by atoms with E-state index >= 15 is 0 Å². The lowest BCUT2D eigenvalue weighted by molar-refractivity contribution is 0.409. The molecule has 0 bridgehead atoms. The predicted molar refractivity (Wildman–Crippen MR) is 210 cm³/mol. The van der Waals surface area contributed by atoms with Crippen molar-refractivity contribution in [2.45, 2.75) is 12.3 Å². The molecule has 6 heteroatoms. The van der Waals surface area contributed by atoms with Crippen LogP contribution in [0.2, 0.25) is 0 Å². The molecule has 0 radical (unpaired) electrons. The van der Waals surface area contributed by atoms with E-state index in [-0.39, 0.29) is 12.3 Å². The maximum atomic E-state index is 6.97. The van der Waals surface area contributed by atoms with Gasteiger partial charge in [0.05, 0.1) is 5.56 Å². The summed E-state index contributed by atoms with van der Waals surface area (Å²) in [4.78, 5) is 5.34. The average molecular weight is 676 g/mol. The van der Waals surface area contributed by atoms with E-state index in [1.807, 2.05) is 29.5 Å². The maximum Gasteiger partial charge on any atom is 0.146 e. The average Bonchev–Trinajstić information content (AvgIpc) is 3.89. The fourth-order valence-corrected chi connectivity index (χ4v) is 9.01. The lowest BCUT2D eigenvalue weighted by Gasteiger charge is -2.32. The second-order valence-corrected chi connectivity index (χ2v) is 14.2. The number of aliphatic imine (C=N–C) groups is 1. The van der Waals surface area contributed by atoms with Crippen molar-refractivity contribution in [1.29, 1.82) is 0 Å². The first kappa shape index (κ1) is 28.6. The molecule has 4 heterocycles. The van der Waals surface area contributed by atoms with Gasteiger partial charge in [-0.3, -0.25) is 5.32 Å². The number of hydrogen-bond donors (Lipinski definition) is 2. The number of rotatable bonds is 4. The molecule has 0 saturated carbocycles. The minimum absolute atomic E-state index is 0.179. The van der Waals surface area contributed by atoms with Gasteiger partial charge in [-0.05, 0) is 41.5 Å². The first-order valence-corrected chi connectivity index (χ1v) is 18.0. The number of hydrogen-bond acceptors (Lipinski definition) is 6. The zero-order chi connectivity index (χ0) is 33.5. The topological polar surface area (TPSA) is 62.7 Å². The number of fused-ring (bicyclic) bond motifs is 9. The lowest BCUT2D eigenvalue weighted by atomic mass is 10.00. The summed E-state index contributed by atoms with van der Waals surface area (Å²) in [5.41, 5.74) is 8.84. The van der Waals surface area contributed by atoms with Crippen molar-refractivity contribution < 1.29 is 8.83 Å². The van der Waals surface area contributed by atoms with Gasteiger partial charge in [0.2, 0.25) is 0 Å². The number of benzene rings is 7. The first-order valence-electron chi connectivity index (χ1n) is 17.2. The molecule has 1 aliphatic rings. The molecule has 10 aromatic rings. The van der Waals surface area contributed by atoms with Crippen LogP contribution in [-0.4, -0.2) is 5.84 Å². The molecule has 3 aromatic heterocycles. The molecular formula is C45H29N3O2S. The Kier molecular flexibility index (Phi) is 6.26. The van der Waals surface area contributed by atoms with E-state index in [4.69, 9.17) is 13.8 Å². The molecule has 2 N–H and O–H groups in total. The zero-order valence-corrected chi connectivity index (χ0v) is 28.1. The van der Waals surface area contributed by atoms with Crippen LogP contribution in [0.5, 0.6) is 0 Å². The van der Waals surface area contributed by atoms with Crippen molar-refractivity contribution in [1.82, 2.24) is 10.6 Å². The molecule has 2 unspecified atom stereocenters. The summed E-state index contributed by atoms with van der Waals surface area (Å²) in [6, 6.07) is 53.1. The number of thiophene rings is 1. The maximum absolute atomic E-state index is 6.97. The van der Waals surface area contributed by atoms with Crippen LogP contribution in [0.1, 0.15) is 29.0 Å². The quantitative estimate of drug-likeness (QED) is 0.195. The van der Waals surface area contributed by atoms with Gasteiger partial charge in [0.15, 0.2) is 0 Å². The summed E-state index contributed by atoms with van der Waals surface area (Å²) < 4.78 is 15.7. The van der Waals surface area contributed by atoms with E-state index in [1.165, 1.54) is 25.7 Å². The minimum Gasteiger partial charge on any atom is -0.456 e. The Balaban J connectivity index is 1.09. The predicted octanol–water partition coefficient (Wildman–Crippen LogP) is 11.9. The molecule has 0 saturated heterocycles. The van der Waals surface area contributed by atoms with Crippen molar-refractivity contribution in [3.63, 3.8) is 0 Å². The molecule has 2 atom stereocenters. The van der Waals surface area contributed by atoms with Gasteiger partial charge in [0, 0.05) is 52.8 Å². The van der Waals surface area contributed by atoms with Crippen LogP contribution in [0.3, 0.4) is 0 Å². The van der Waals surface area contributed by atoms with Gasteiger partial charge < -0.3 is 14.2 Å². The van der Waals surface area contributed by atoms with Crippen LogP contribution < -0.4 is 10.6 Å². The van der Waals surface area contributed by atoms with Crippen molar-refractivity contribution in [3.8, 4) is 11.1 Å². The van der Waals surface area contributed by atoms with Gasteiger partial charge >= 0.3 is 0 Å². The van der Waals surface area contributed by atoms with Gasteiger partial charge in [-0.1, -0.05) is 121 Å². The van der Waals surface area contributed by atoms with Gasteiger partial charge in [-0.25, -0.2) is 4.99 Å². The molecule has 51 heavy (non-hydrogen) atoms. The fourth-order valence-electron chi connectivity index (χ4n) is 7.77. The number of nitrogens with one attached hydrogen (secondary N) is 2. The Morgan fingerprint density at radius 3 is 2.02 bits per heavy atom. The Bertz CT molecular complexity index is 3010. The van der Waals surface area contributed by atoms with Crippen LogP contribution in [0.25, 0.3) is 75.2 Å². The molecule has 11 rings (SSSR count). The number of nitrogens with zero attached hydrogens (tertiary/aromatic N) is 1. The molecule has 5 nitrogen and oxygen atoms in total. The van der Waals surface area contributed by atoms with E-state index in [0.717, 1.165) is 72.0 Å². The second-order valence-electron chi connectivity index (χ2n) is 13.1. The normalized spacial score (nSPS) is 16.4. The fraction of sp³-hybridized carbons (Fsp3) is 0.0444. The first-order chi connectivity index (χ1) is 25.3. The van der Waals surface area contributed by atoms with E-state index in [1.54, 1.807) is 0 Å². The van der Waals surface area contributed by atoms with E-state index in [0.29, 0.717) is 0 Å². The van der Waals surface area contributed by atoms with Crippen LogP contribution in [0.15, 0.2) is 165 Å². The second kappa shape index (κ2) is 11.2. The Morgan fingerprint density at radius 1 is 0.490 bits per heavy atom. The Hall–Kier alpha value is -6.21. The van der Waals surface area contributed by atoms with Gasteiger partial charge in [0.1, 0.15) is 40.5 Å². The Labute approximate surface area is 296 Å². The molecule has 0 amide bonds. The van der Waals surface area contributed by atoms with Crippen molar-refractivity contribution in [3.05, 3.63) is 168 Å². The molecule has 7 aromatic carbocycles. The van der Waals surface area contributed by atoms with E-state index < -0.39 is 0 Å². The minimum atomic E-state index is -0.315. The molecule has 0 fully saturated rings. The highest BCUT2D eigenvalue weighted by Gasteiger charge is 2.28. The SMILES string of the molecule is c1ccc(C2NC(c3cccc4c3oc3c(-c5cccc6c5sc5ccccc56)cccc34)=NC(c3ccc4oc5ccccc5c4c3)N2)cc1. The number of amidine groups is 1. The monoisotopic (exact) mass is 675 g/mol. The van der Waals surface area contributed by atoms with Crippen LogP contribution in [-0.2, 0) is 0 Å². The smallest absolute Gasteiger partial charge is 0.146 e. The van der Waals surface area contributed by atoms with Crippen LogP contribution >= 0.6 is 11.3 Å². The standard InChI is InChI=1S/C45H29N3O2S/c1-2-11-26(12-3-1)43-46-44(27-23-24-38-36(25-27)28-13-4-6-21-37(28)49-38)48-45(47-43)35-20-9-16-31-30-15-8-17-32(40(30)50-41(31)35)34-19-10-18-33-29-14-5-7-22-39(29)51-42(33)34/h1-25,43-44,46H,(H,47,48). The van der Waals surface area contributed by atoms with E-state index in [2.05, 4.69) is 144 Å². The van der Waals surface area contributed by atoms with Crippen molar-refractivity contribution >= 4 is 81.2 Å². The Morgan fingerprint density at radius 2 is 1.16 bits per heavy atom. The largest absolute Gasteiger partial charge is 0.456 e. The molecule has 0 aliphatic carbocycles. The summed E-state index contributed by atoms with van der Waals surface area (Å²) in [7, 11) is 0. The number of para-hydroxylation sites is 3. The third kappa shape index (κ3) is 4.47. The third-order valence-electron chi connectivity index (χ3n) is 10.2. The molecule has 1 aliphatic heterocycles. The van der Waals surface area contributed by atoms with E-state index in [9.17, 15) is 0 Å². The lowest BCUT2D eigenvalue weighted by Crippen LogP contribution is -2.45. The zero-order valence-electron chi connectivity index (χ0n) is 27.3. The van der Waals surface area contributed by atoms with Gasteiger partial charge in [0.25, 0.3) is 0 Å². The summed E-state index contributed by atoms with van der Waals surface area (Å²) in [5, 5.41) is 14.4. The summed E-state index contributed by atoms with van der Waals surface area (Å²) in [6.45, 7) is 0. The molecule has 242 valence electrons. The van der Waals surface area contributed by atoms with Crippen molar-refractivity contribution in [2.75, 3.05) is 0 Å². The summed E-state index contributed by atoms with van der Waals surface area (Å²) in [5.74, 6) is 0.780. The highest BCUT2D eigenvalue weighted by molar-refractivity contribution is 7.26. The summed E-state index contributed by atoms with van der Waals surface area (Å²) in [6.07, 6.45) is -0.494. The molecule has 0 spiro atoms. The highest BCUT2D eigenvalue weighted by Crippen LogP contribution is 2.44. The van der Waals surface area contributed by atoms with Crippen LogP contribution in [0.4, 0.5) is 0 Å².